The number of hydrogen-bond donors (Lipinski definition) is 2. The lowest BCUT2D eigenvalue weighted by Crippen LogP contribution is -2.44. The number of nitrogens with zero attached hydrogens (tertiary/aromatic N) is 6. The van der Waals surface area contributed by atoms with E-state index in [1.54, 1.807) is 49.7 Å². The first-order chi connectivity index (χ1) is 20.3. The van der Waals surface area contributed by atoms with E-state index in [9.17, 15) is 9.59 Å². The van der Waals surface area contributed by atoms with Gasteiger partial charge in [0, 0.05) is 73.9 Å². The van der Waals surface area contributed by atoms with Gasteiger partial charge < -0.3 is 30.1 Å². The summed E-state index contributed by atoms with van der Waals surface area (Å²) in [5, 5.41) is 6.81. The number of likely N-dealkylation sites (N-methyl/N-ethyl adjacent to an activating group) is 2. The Morgan fingerprint density at radius 1 is 1.05 bits per heavy atom. The number of fused-ring (bicyclic) bond motifs is 1. The minimum Gasteiger partial charge on any atom is -0.494 e. The van der Waals surface area contributed by atoms with Crippen molar-refractivity contribution in [2.45, 2.75) is 0 Å². The van der Waals surface area contributed by atoms with Gasteiger partial charge in [0.05, 0.1) is 18.5 Å². The zero-order valence-electron chi connectivity index (χ0n) is 24.4. The third kappa shape index (κ3) is 6.76. The van der Waals surface area contributed by atoms with E-state index < -0.39 is 0 Å². The van der Waals surface area contributed by atoms with E-state index >= 15 is 0 Å². The highest BCUT2D eigenvalue weighted by molar-refractivity contribution is 5.99. The van der Waals surface area contributed by atoms with Crippen LogP contribution in [0.2, 0.25) is 0 Å². The number of rotatable bonds is 9. The van der Waals surface area contributed by atoms with Gasteiger partial charge in [0.25, 0.3) is 5.56 Å². The molecule has 11 nitrogen and oxygen atoms in total. The molecule has 1 aliphatic heterocycles. The van der Waals surface area contributed by atoms with Crippen LogP contribution in [-0.4, -0.2) is 91.2 Å². The van der Waals surface area contributed by atoms with E-state index in [1.165, 1.54) is 16.7 Å². The number of anilines is 4. The molecule has 0 atom stereocenters. The number of carbonyl (C=O) groups excluding carboxylic acids is 1. The fourth-order valence-corrected chi connectivity index (χ4v) is 4.77. The van der Waals surface area contributed by atoms with Gasteiger partial charge in [0.1, 0.15) is 5.75 Å². The third-order valence-corrected chi connectivity index (χ3v) is 7.05. The molecular weight excluding hydrogens is 532 g/mol. The summed E-state index contributed by atoms with van der Waals surface area (Å²) < 4.78 is 7.21. The summed E-state index contributed by atoms with van der Waals surface area (Å²) in [5.41, 5.74) is 3.12. The Labute approximate surface area is 245 Å². The molecular formula is C31H36N8O3. The Morgan fingerprint density at radius 3 is 2.62 bits per heavy atom. The van der Waals surface area contributed by atoms with Crippen molar-refractivity contribution < 1.29 is 9.53 Å². The standard InChI is InChI=1S/C31H36N8O3/c1-36(2)14-6-9-28(40)33-23-7-5-8-25(19-23)39-29(41)13-10-22-21-32-31(35-30(22)39)34-26-12-11-24(20-27(26)42-4)38-17-15-37(3)16-18-38/h5-13,19-21H,14-18H2,1-4H3,(H,33,40)(H,32,34,35). The zero-order valence-corrected chi connectivity index (χ0v) is 24.4. The van der Waals surface area contributed by atoms with Crippen molar-refractivity contribution in [3.05, 3.63) is 83.3 Å². The van der Waals surface area contributed by atoms with Gasteiger partial charge in [-0.3, -0.25) is 14.2 Å². The second kappa shape index (κ2) is 12.8. The van der Waals surface area contributed by atoms with Gasteiger partial charge in [0.15, 0.2) is 5.65 Å². The van der Waals surface area contributed by atoms with E-state index in [2.05, 4.69) is 38.5 Å². The summed E-state index contributed by atoms with van der Waals surface area (Å²) in [6, 6.07) is 16.3. The smallest absolute Gasteiger partial charge is 0.256 e. The van der Waals surface area contributed by atoms with Crippen molar-refractivity contribution >= 4 is 40.0 Å². The number of pyridine rings is 1. The highest BCUT2D eigenvalue weighted by atomic mass is 16.5. The number of amides is 1. The highest BCUT2D eigenvalue weighted by Gasteiger charge is 2.17. The van der Waals surface area contributed by atoms with Gasteiger partial charge in [-0.05, 0) is 57.5 Å². The van der Waals surface area contributed by atoms with Crippen LogP contribution in [0.4, 0.5) is 23.0 Å². The summed E-state index contributed by atoms with van der Waals surface area (Å²) in [7, 11) is 7.63. The number of aromatic nitrogens is 3. The van der Waals surface area contributed by atoms with Crippen molar-refractivity contribution in [1.82, 2.24) is 24.3 Å². The Morgan fingerprint density at radius 2 is 1.86 bits per heavy atom. The van der Waals surface area contributed by atoms with Gasteiger partial charge >= 0.3 is 0 Å². The predicted molar refractivity (Wildman–Crippen MR) is 167 cm³/mol. The summed E-state index contributed by atoms with van der Waals surface area (Å²) in [4.78, 5) is 41.3. The van der Waals surface area contributed by atoms with Gasteiger partial charge in [-0.15, -0.1) is 0 Å². The minimum atomic E-state index is -0.254. The molecule has 4 aromatic rings. The Bertz CT molecular complexity index is 1660. The number of hydrogen-bond acceptors (Lipinski definition) is 9. The summed E-state index contributed by atoms with van der Waals surface area (Å²) in [6.45, 7) is 4.59. The minimum absolute atomic E-state index is 0.249. The average molecular weight is 569 g/mol. The van der Waals surface area contributed by atoms with Crippen LogP contribution in [0, 0.1) is 0 Å². The molecule has 218 valence electrons. The van der Waals surface area contributed by atoms with Crippen molar-refractivity contribution in [1.29, 1.82) is 0 Å². The van der Waals surface area contributed by atoms with Crippen LogP contribution >= 0.6 is 0 Å². The van der Waals surface area contributed by atoms with Gasteiger partial charge in [0.2, 0.25) is 11.9 Å². The molecule has 2 aromatic carbocycles. The molecule has 1 fully saturated rings. The highest BCUT2D eigenvalue weighted by Crippen LogP contribution is 2.32. The molecule has 3 heterocycles. The molecule has 0 aliphatic carbocycles. The first-order valence-corrected chi connectivity index (χ1v) is 13.8. The SMILES string of the molecule is COc1cc(N2CCN(C)CC2)ccc1Nc1ncc2ccc(=O)n(-c3cccc(NC(=O)C=CCN(C)C)c3)c2n1. The molecule has 0 radical (unpaired) electrons. The number of benzene rings is 2. The van der Waals surface area contributed by atoms with Crippen molar-refractivity contribution in [3.63, 3.8) is 0 Å². The van der Waals surface area contributed by atoms with Gasteiger partial charge in [-0.2, -0.15) is 4.98 Å². The first-order valence-electron chi connectivity index (χ1n) is 13.8. The Balaban J connectivity index is 1.42. The van der Waals surface area contributed by atoms with Crippen molar-refractivity contribution in [3.8, 4) is 11.4 Å². The molecule has 0 spiro atoms. The average Bonchev–Trinajstić information content (AvgIpc) is 2.97. The topological polar surface area (TPSA) is 108 Å². The Kier molecular flexibility index (Phi) is 8.80. The molecule has 1 aliphatic rings. The van der Waals surface area contributed by atoms with E-state index in [0.717, 1.165) is 31.9 Å². The van der Waals surface area contributed by atoms with Crippen LogP contribution in [0.5, 0.6) is 5.75 Å². The molecule has 0 unspecified atom stereocenters. The quantitative estimate of drug-likeness (QED) is 0.294. The van der Waals surface area contributed by atoms with Crippen LogP contribution in [0.3, 0.4) is 0 Å². The number of ether oxygens (including phenoxy) is 1. The second-order valence-corrected chi connectivity index (χ2v) is 10.5. The molecule has 42 heavy (non-hydrogen) atoms. The van der Waals surface area contributed by atoms with Gasteiger partial charge in [-0.25, -0.2) is 4.98 Å². The number of carbonyl (C=O) groups is 1. The fourth-order valence-electron chi connectivity index (χ4n) is 4.77. The van der Waals surface area contributed by atoms with Crippen molar-refractivity contribution in [2.24, 2.45) is 0 Å². The lowest BCUT2D eigenvalue weighted by Gasteiger charge is -2.34. The van der Waals surface area contributed by atoms with Crippen LogP contribution in [-0.2, 0) is 4.79 Å². The number of nitrogens with one attached hydrogen (secondary N) is 2. The maximum absolute atomic E-state index is 13.1. The van der Waals surface area contributed by atoms with E-state index in [4.69, 9.17) is 9.72 Å². The lowest BCUT2D eigenvalue weighted by atomic mass is 10.2. The Hall–Kier alpha value is -4.74. The molecule has 0 saturated carbocycles. The summed E-state index contributed by atoms with van der Waals surface area (Å²) in [5.74, 6) is 0.743. The van der Waals surface area contributed by atoms with Crippen molar-refractivity contribution in [2.75, 3.05) is 76.5 Å². The molecule has 0 bridgehead atoms. The van der Waals surface area contributed by atoms with E-state index in [1.807, 2.05) is 31.1 Å². The van der Waals surface area contributed by atoms with E-state index in [-0.39, 0.29) is 11.5 Å². The maximum atomic E-state index is 13.1. The molecule has 2 N–H and O–H groups in total. The fraction of sp³-hybridized carbons (Fsp3) is 0.290. The lowest BCUT2D eigenvalue weighted by molar-refractivity contribution is -0.111. The number of piperazine rings is 1. The van der Waals surface area contributed by atoms with E-state index in [0.29, 0.717) is 46.3 Å². The first kappa shape index (κ1) is 28.8. The molecule has 2 aromatic heterocycles. The van der Waals surface area contributed by atoms with Crippen LogP contribution in [0.15, 0.2) is 77.7 Å². The molecule has 11 heteroatoms. The monoisotopic (exact) mass is 568 g/mol. The van der Waals surface area contributed by atoms with Crippen LogP contribution in [0.25, 0.3) is 16.7 Å². The van der Waals surface area contributed by atoms with Gasteiger partial charge in [-0.1, -0.05) is 12.1 Å². The van der Waals surface area contributed by atoms with Crippen LogP contribution in [0.1, 0.15) is 0 Å². The predicted octanol–water partition coefficient (Wildman–Crippen LogP) is 3.34. The molecule has 5 rings (SSSR count). The summed E-state index contributed by atoms with van der Waals surface area (Å²) >= 11 is 0. The molecule has 1 saturated heterocycles. The molecule has 1 amide bonds. The summed E-state index contributed by atoms with van der Waals surface area (Å²) in [6.07, 6.45) is 4.95. The number of methoxy groups -OCH3 is 1. The second-order valence-electron chi connectivity index (χ2n) is 10.5. The normalized spacial score (nSPS) is 14.1. The third-order valence-electron chi connectivity index (χ3n) is 7.05. The maximum Gasteiger partial charge on any atom is 0.256 e. The largest absolute Gasteiger partial charge is 0.494 e. The zero-order chi connectivity index (χ0) is 29.6. The van der Waals surface area contributed by atoms with Crippen LogP contribution < -0.4 is 25.8 Å².